The van der Waals surface area contributed by atoms with Gasteiger partial charge in [0.15, 0.2) is 12.4 Å². The molecule has 124 valence electrons. The Labute approximate surface area is 140 Å². The largest absolute Gasteiger partial charge is 0.454 e. The molecule has 2 aromatic carbocycles. The number of hydrogen-bond acceptors (Lipinski definition) is 4. The quantitative estimate of drug-likeness (QED) is 0.676. The topological polar surface area (TPSA) is 72.5 Å². The van der Waals surface area contributed by atoms with Gasteiger partial charge in [-0.2, -0.15) is 0 Å². The summed E-state index contributed by atoms with van der Waals surface area (Å²) in [5.74, 6) is -1.00. The Morgan fingerprint density at radius 2 is 1.67 bits per heavy atom. The molecule has 5 nitrogen and oxygen atoms in total. The fraction of sp³-hybridized carbons (Fsp3) is 0.211. The Kier molecular flexibility index (Phi) is 5.47. The van der Waals surface area contributed by atoms with Crippen LogP contribution in [0.15, 0.2) is 42.5 Å². The predicted octanol–water partition coefficient (Wildman–Crippen LogP) is 3.30. The highest BCUT2D eigenvalue weighted by Gasteiger charge is 2.14. The molecule has 0 atom stereocenters. The molecule has 24 heavy (non-hydrogen) atoms. The van der Waals surface area contributed by atoms with Gasteiger partial charge in [-0.25, -0.2) is 4.79 Å². The molecule has 0 aliphatic rings. The Morgan fingerprint density at radius 3 is 2.29 bits per heavy atom. The summed E-state index contributed by atoms with van der Waals surface area (Å²) < 4.78 is 5.12. The Morgan fingerprint density at radius 1 is 1.00 bits per heavy atom. The number of ether oxygens (including phenoxy) is 1. The SMILES string of the molecule is CC(=O)Nc1ccc(C(=O)COC(=O)c2cccc(C)c2C)cc1. The molecule has 0 aliphatic carbocycles. The van der Waals surface area contributed by atoms with Crippen LogP contribution in [-0.2, 0) is 9.53 Å². The minimum absolute atomic E-state index is 0.184. The lowest BCUT2D eigenvalue weighted by Gasteiger charge is -2.09. The van der Waals surface area contributed by atoms with E-state index < -0.39 is 5.97 Å². The monoisotopic (exact) mass is 325 g/mol. The van der Waals surface area contributed by atoms with E-state index in [1.807, 2.05) is 19.9 Å². The molecule has 0 spiro atoms. The fourth-order valence-corrected chi connectivity index (χ4v) is 2.21. The molecule has 5 heteroatoms. The lowest BCUT2D eigenvalue weighted by molar-refractivity contribution is -0.114. The molecule has 0 saturated heterocycles. The lowest BCUT2D eigenvalue weighted by Crippen LogP contribution is -2.15. The number of rotatable bonds is 5. The summed E-state index contributed by atoms with van der Waals surface area (Å²) in [5, 5.41) is 2.62. The van der Waals surface area contributed by atoms with Crippen molar-refractivity contribution >= 4 is 23.3 Å². The number of carbonyl (C=O) groups excluding carboxylic acids is 3. The van der Waals surface area contributed by atoms with E-state index in [0.717, 1.165) is 11.1 Å². The summed E-state index contributed by atoms with van der Waals surface area (Å²) in [6.45, 7) is 4.83. The van der Waals surface area contributed by atoms with E-state index in [1.165, 1.54) is 6.92 Å². The first kappa shape index (κ1) is 17.4. The number of amides is 1. The normalized spacial score (nSPS) is 10.1. The Balaban J connectivity index is 1.98. The molecule has 0 radical (unpaired) electrons. The summed E-state index contributed by atoms with van der Waals surface area (Å²) >= 11 is 0. The van der Waals surface area contributed by atoms with E-state index in [1.54, 1.807) is 36.4 Å². The van der Waals surface area contributed by atoms with Crippen LogP contribution in [0.3, 0.4) is 0 Å². The van der Waals surface area contributed by atoms with Gasteiger partial charge in [-0.15, -0.1) is 0 Å². The van der Waals surface area contributed by atoms with E-state index in [0.29, 0.717) is 16.8 Å². The van der Waals surface area contributed by atoms with Gasteiger partial charge in [0, 0.05) is 18.2 Å². The van der Waals surface area contributed by atoms with Gasteiger partial charge < -0.3 is 10.1 Å². The molecular formula is C19H19NO4. The zero-order valence-electron chi connectivity index (χ0n) is 13.9. The molecule has 0 saturated carbocycles. The number of ketones is 1. The lowest BCUT2D eigenvalue weighted by atomic mass is 10.0. The number of carbonyl (C=O) groups is 3. The van der Waals surface area contributed by atoms with Crippen molar-refractivity contribution in [2.24, 2.45) is 0 Å². The first-order valence-electron chi connectivity index (χ1n) is 7.52. The van der Waals surface area contributed by atoms with Gasteiger partial charge in [0.25, 0.3) is 0 Å². The smallest absolute Gasteiger partial charge is 0.338 e. The average molecular weight is 325 g/mol. The minimum atomic E-state index is -0.514. The maximum atomic E-state index is 12.1. The molecule has 0 unspecified atom stereocenters. The van der Waals surface area contributed by atoms with Gasteiger partial charge >= 0.3 is 5.97 Å². The van der Waals surface area contributed by atoms with Crippen molar-refractivity contribution in [3.05, 3.63) is 64.7 Å². The molecule has 1 N–H and O–H groups in total. The summed E-state index contributed by atoms with van der Waals surface area (Å²) in [5.41, 5.74) is 3.31. The Hall–Kier alpha value is -2.95. The molecule has 0 fully saturated rings. The van der Waals surface area contributed by atoms with E-state index in [-0.39, 0.29) is 18.3 Å². The second-order valence-corrected chi connectivity index (χ2v) is 5.51. The van der Waals surface area contributed by atoms with Crippen LogP contribution < -0.4 is 5.32 Å². The number of hydrogen-bond donors (Lipinski definition) is 1. The van der Waals surface area contributed by atoms with Crippen LogP contribution in [-0.4, -0.2) is 24.3 Å². The minimum Gasteiger partial charge on any atom is -0.454 e. The summed E-state index contributed by atoms with van der Waals surface area (Å²) in [6.07, 6.45) is 0. The van der Waals surface area contributed by atoms with Gasteiger partial charge in [-0.1, -0.05) is 12.1 Å². The van der Waals surface area contributed by atoms with Crippen LogP contribution in [0.5, 0.6) is 0 Å². The second kappa shape index (κ2) is 7.55. The molecule has 1 amide bonds. The summed E-state index contributed by atoms with van der Waals surface area (Å²) in [6, 6.07) is 11.8. The van der Waals surface area contributed by atoms with Crippen LogP contribution in [0.1, 0.15) is 38.8 Å². The molecular weight excluding hydrogens is 306 g/mol. The van der Waals surface area contributed by atoms with Gasteiger partial charge in [-0.05, 0) is 55.3 Å². The third-order valence-electron chi connectivity index (χ3n) is 3.69. The molecule has 0 aromatic heterocycles. The van der Waals surface area contributed by atoms with Crippen molar-refractivity contribution in [1.29, 1.82) is 0 Å². The third-order valence-corrected chi connectivity index (χ3v) is 3.69. The van der Waals surface area contributed by atoms with Crippen molar-refractivity contribution in [2.75, 3.05) is 11.9 Å². The number of esters is 1. The standard InChI is InChI=1S/C19H19NO4/c1-12-5-4-6-17(13(12)2)19(23)24-11-18(22)15-7-9-16(10-8-15)20-14(3)21/h4-10H,11H2,1-3H3,(H,20,21). The molecule has 2 aromatic rings. The van der Waals surface area contributed by atoms with Gasteiger partial charge in [0.05, 0.1) is 5.56 Å². The predicted molar refractivity (Wildman–Crippen MR) is 91.3 cm³/mol. The maximum Gasteiger partial charge on any atom is 0.338 e. The summed E-state index contributed by atoms with van der Waals surface area (Å²) in [4.78, 5) is 35.2. The van der Waals surface area contributed by atoms with Crippen LogP contribution in [0.4, 0.5) is 5.69 Å². The van der Waals surface area contributed by atoms with E-state index >= 15 is 0 Å². The second-order valence-electron chi connectivity index (χ2n) is 5.51. The highest BCUT2D eigenvalue weighted by Crippen LogP contribution is 2.14. The zero-order valence-corrected chi connectivity index (χ0v) is 13.9. The van der Waals surface area contributed by atoms with Crippen molar-refractivity contribution in [1.82, 2.24) is 0 Å². The molecule has 2 rings (SSSR count). The van der Waals surface area contributed by atoms with Crippen LogP contribution in [0, 0.1) is 13.8 Å². The number of anilines is 1. The Bertz CT molecular complexity index is 778. The van der Waals surface area contributed by atoms with Crippen molar-refractivity contribution in [3.8, 4) is 0 Å². The number of benzene rings is 2. The number of nitrogens with one attached hydrogen (secondary N) is 1. The highest BCUT2D eigenvalue weighted by atomic mass is 16.5. The average Bonchev–Trinajstić information content (AvgIpc) is 2.55. The van der Waals surface area contributed by atoms with E-state index in [2.05, 4.69) is 5.32 Å². The molecule has 0 heterocycles. The fourth-order valence-electron chi connectivity index (χ4n) is 2.21. The first-order valence-corrected chi connectivity index (χ1v) is 7.52. The number of Topliss-reactive ketones (excluding diaryl/α,β-unsaturated/α-hetero) is 1. The van der Waals surface area contributed by atoms with E-state index in [9.17, 15) is 14.4 Å². The van der Waals surface area contributed by atoms with Gasteiger partial charge in [0.1, 0.15) is 0 Å². The van der Waals surface area contributed by atoms with Crippen molar-refractivity contribution < 1.29 is 19.1 Å². The van der Waals surface area contributed by atoms with Gasteiger partial charge in [-0.3, -0.25) is 9.59 Å². The maximum absolute atomic E-state index is 12.1. The van der Waals surface area contributed by atoms with Crippen molar-refractivity contribution in [3.63, 3.8) is 0 Å². The third kappa shape index (κ3) is 4.29. The molecule has 0 aliphatic heterocycles. The van der Waals surface area contributed by atoms with Crippen LogP contribution in [0.25, 0.3) is 0 Å². The zero-order chi connectivity index (χ0) is 17.7. The number of aryl methyl sites for hydroxylation is 1. The highest BCUT2D eigenvalue weighted by molar-refractivity contribution is 6.00. The van der Waals surface area contributed by atoms with E-state index in [4.69, 9.17) is 4.74 Å². The van der Waals surface area contributed by atoms with Gasteiger partial charge in [0.2, 0.25) is 5.91 Å². The van der Waals surface area contributed by atoms with Crippen molar-refractivity contribution in [2.45, 2.75) is 20.8 Å². The summed E-state index contributed by atoms with van der Waals surface area (Å²) in [7, 11) is 0. The molecule has 0 bridgehead atoms. The first-order chi connectivity index (χ1) is 11.4. The van der Waals surface area contributed by atoms with Crippen LogP contribution in [0.2, 0.25) is 0 Å². The van der Waals surface area contributed by atoms with Crippen LogP contribution >= 0.6 is 0 Å².